The predicted octanol–water partition coefficient (Wildman–Crippen LogP) is 1.18. The molecule has 1 aliphatic rings. The number of benzene rings is 1. The molecule has 0 heterocycles. The Hall–Kier alpha value is -2.49. The van der Waals surface area contributed by atoms with Crippen LogP contribution in [0.5, 0.6) is 0 Å². The van der Waals surface area contributed by atoms with E-state index in [1.54, 1.807) is 0 Å². The number of hydrogen-bond donors (Lipinski definition) is 2. The van der Waals surface area contributed by atoms with Gasteiger partial charge in [-0.05, 0) is 18.9 Å². The SMILES string of the molecule is CS(=O)(=O)c1cc(C(=O)NCC(=O)NC2CCCCC2)cc([N+](=O)[O-])c1. The summed E-state index contributed by atoms with van der Waals surface area (Å²) in [4.78, 5) is 34.0. The molecule has 0 atom stereocenters. The summed E-state index contributed by atoms with van der Waals surface area (Å²) in [6, 6.07) is 3.02. The Morgan fingerprint density at radius 1 is 1.19 bits per heavy atom. The van der Waals surface area contributed by atoms with Gasteiger partial charge < -0.3 is 10.6 Å². The first-order chi connectivity index (χ1) is 12.2. The number of nitro groups is 1. The van der Waals surface area contributed by atoms with E-state index < -0.39 is 26.4 Å². The number of carbonyl (C=O) groups is 2. The van der Waals surface area contributed by atoms with Gasteiger partial charge in [-0.2, -0.15) is 0 Å². The van der Waals surface area contributed by atoms with Gasteiger partial charge in [0, 0.05) is 30.0 Å². The van der Waals surface area contributed by atoms with Gasteiger partial charge >= 0.3 is 0 Å². The van der Waals surface area contributed by atoms with Crippen LogP contribution in [0, 0.1) is 10.1 Å². The molecule has 2 amide bonds. The molecule has 1 aromatic carbocycles. The number of sulfone groups is 1. The molecule has 1 saturated carbocycles. The van der Waals surface area contributed by atoms with E-state index in [1.807, 2.05) is 0 Å². The molecular formula is C16H21N3O6S. The molecule has 0 saturated heterocycles. The number of nitrogens with zero attached hydrogens (tertiary/aromatic N) is 1. The van der Waals surface area contributed by atoms with Crippen molar-refractivity contribution < 1.29 is 22.9 Å². The van der Waals surface area contributed by atoms with Gasteiger partial charge in [-0.3, -0.25) is 19.7 Å². The number of nitro benzene ring substituents is 1. The molecule has 2 rings (SSSR count). The van der Waals surface area contributed by atoms with E-state index in [2.05, 4.69) is 10.6 Å². The van der Waals surface area contributed by atoms with Gasteiger partial charge in [0.15, 0.2) is 9.84 Å². The van der Waals surface area contributed by atoms with Crippen LogP contribution in [0.1, 0.15) is 42.5 Å². The molecule has 1 aliphatic carbocycles. The second kappa shape index (κ2) is 8.26. The third kappa shape index (κ3) is 5.51. The first kappa shape index (κ1) is 19.8. The number of nitrogens with one attached hydrogen (secondary N) is 2. The first-order valence-corrected chi connectivity index (χ1v) is 10.1. The molecule has 0 unspecified atom stereocenters. The molecule has 1 fully saturated rings. The topological polar surface area (TPSA) is 135 Å². The summed E-state index contributed by atoms with van der Waals surface area (Å²) in [6.45, 7) is -0.285. The monoisotopic (exact) mass is 383 g/mol. The maximum atomic E-state index is 12.2. The number of non-ortho nitro benzene ring substituents is 1. The molecule has 26 heavy (non-hydrogen) atoms. The summed E-state index contributed by atoms with van der Waals surface area (Å²) in [6.07, 6.45) is 5.97. The molecular weight excluding hydrogens is 362 g/mol. The van der Waals surface area contributed by atoms with Crippen LogP contribution >= 0.6 is 0 Å². The molecule has 0 aromatic heterocycles. The lowest BCUT2D eigenvalue weighted by atomic mass is 9.95. The van der Waals surface area contributed by atoms with Crippen molar-refractivity contribution in [2.75, 3.05) is 12.8 Å². The van der Waals surface area contributed by atoms with Crippen molar-refractivity contribution in [1.82, 2.24) is 10.6 Å². The van der Waals surface area contributed by atoms with Crippen LogP contribution in [0.25, 0.3) is 0 Å². The first-order valence-electron chi connectivity index (χ1n) is 8.24. The Morgan fingerprint density at radius 2 is 1.85 bits per heavy atom. The van der Waals surface area contributed by atoms with Crippen molar-refractivity contribution in [2.24, 2.45) is 0 Å². The molecule has 0 aliphatic heterocycles. The molecule has 0 spiro atoms. The van der Waals surface area contributed by atoms with Gasteiger partial charge in [-0.25, -0.2) is 8.42 Å². The standard InChI is InChI=1S/C16H21N3O6S/c1-26(24,25)14-8-11(7-13(9-14)19(22)23)16(21)17-10-15(20)18-12-5-3-2-4-6-12/h7-9,12H,2-6,10H2,1H3,(H,17,21)(H,18,20). The van der Waals surface area contributed by atoms with E-state index in [-0.39, 0.29) is 29.0 Å². The van der Waals surface area contributed by atoms with E-state index in [9.17, 15) is 28.1 Å². The summed E-state index contributed by atoms with van der Waals surface area (Å²) in [5.41, 5.74) is -0.699. The highest BCUT2D eigenvalue weighted by molar-refractivity contribution is 7.90. The highest BCUT2D eigenvalue weighted by Gasteiger charge is 2.20. The van der Waals surface area contributed by atoms with Crippen LogP contribution < -0.4 is 10.6 Å². The van der Waals surface area contributed by atoms with E-state index in [0.29, 0.717) is 0 Å². The summed E-state index contributed by atoms with van der Waals surface area (Å²) >= 11 is 0. The fourth-order valence-corrected chi connectivity index (χ4v) is 3.50. The second-order valence-electron chi connectivity index (χ2n) is 6.33. The van der Waals surface area contributed by atoms with Gasteiger partial charge in [-0.15, -0.1) is 0 Å². The van der Waals surface area contributed by atoms with E-state index in [0.717, 1.165) is 56.6 Å². The van der Waals surface area contributed by atoms with Gasteiger partial charge in [0.2, 0.25) is 5.91 Å². The maximum Gasteiger partial charge on any atom is 0.271 e. The summed E-state index contributed by atoms with van der Waals surface area (Å²) in [5.74, 6) is -1.10. The number of rotatable bonds is 6. The Morgan fingerprint density at radius 3 is 2.42 bits per heavy atom. The fraction of sp³-hybridized carbons (Fsp3) is 0.500. The minimum absolute atomic E-state index is 0.0998. The lowest BCUT2D eigenvalue weighted by Gasteiger charge is -2.22. The van der Waals surface area contributed by atoms with Gasteiger partial charge in [0.25, 0.3) is 11.6 Å². The smallest absolute Gasteiger partial charge is 0.271 e. The number of carbonyl (C=O) groups excluding carboxylic acids is 2. The Bertz CT molecular complexity index is 815. The molecule has 142 valence electrons. The Labute approximate surface area is 151 Å². The van der Waals surface area contributed by atoms with E-state index in [1.165, 1.54) is 0 Å². The van der Waals surface area contributed by atoms with Crippen LogP contribution in [-0.4, -0.2) is 44.0 Å². The maximum absolute atomic E-state index is 12.2. The molecule has 2 N–H and O–H groups in total. The zero-order valence-corrected chi connectivity index (χ0v) is 15.2. The van der Waals surface area contributed by atoms with Crippen LogP contribution in [0.3, 0.4) is 0 Å². The Kier molecular flexibility index (Phi) is 6.30. The summed E-state index contributed by atoms with van der Waals surface area (Å²) in [7, 11) is -3.73. The predicted molar refractivity (Wildman–Crippen MR) is 93.6 cm³/mol. The zero-order valence-electron chi connectivity index (χ0n) is 14.4. The molecule has 0 bridgehead atoms. The summed E-state index contributed by atoms with van der Waals surface area (Å²) in [5, 5.41) is 16.2. The average Bonchev–Trinajstić information content (AvgIpc) is 2.59. The third-order valence-corrected chi connectivity index (χ3v) is 5.26. The van der Waals surface area contributed by atoms with Gasteiger partial charge in [0.1, 0.15) is 0 Å². The van der Waals surface area contributed by atoms with Gasteiger partial charge in [0.05, 0.1) is 16.4 Å². The molecule has 9 nitrogen and oxygen atoms in total. The van der Waals surface area contributed by atoms with Crippen LogP contribution in [-0.2, 0) is 14.6 Å². The van der Waals surface area contributed by atoms with Crippen molar-refractivity contribution >= 4 is 27.3 Å². The summed E-state index contributed by atoms with van der Waals surface area (Å²) < 4.78 is 23.3. The van der Waals surface area contributed by atoms with Crippen molar-refractivity contribution in [3.8, 4) is 0 Å². The van der Waals surface area contributed by atoms with Crippen molar-refractivity contribution in [3.63, 3.8) is 0 Å². The lowest BCUT2D eigenvalue weighted by molar-refractivity contribution is -0.385. The minimum atomic E-state index is -3.73. The quantitative estimate of drug-likeness (QED) is 0.559. The lowest BCUT2D eigenvalue weighted by Crippen LogP contribution is -2.42. The number of hydrogen-bond acceptors (Lipinski definition) is 6. The van der Waals surface area contributed by atoms with Crippen LogP contribution in [0.2, 0.25) is 0 Å². The minimum Gasteiger partial charge on any atom is -0.352 e. The Balaban J connectivity index is 2.05. The van der Waals surface area contributed by atoms with Crippen LogP contribution in [0.4, 0.5) is 5.69 Å². The highest BCUT2D eigenvalue weighted by atomic mass is 32.2. The average molecular weight is 383 g/mol. The van der Waals surface area contributed by atoms with E-state index in [4.69, 9.17) is 0 Å². The molecule has 10 heteroatoms. The van der Waals surface area contributed by atoms with E-state index >= 15 is 0 Å². The molecule has 1 aromatic rings. The fourth-order valence-electron chi connectivity index (χ4n) is 2.82. The zero-order chi connectivity index (χ0) is 19.3. The number of amides is 2. The van der Waals surface area contributed by atoms with Crippen molar-refractivity contribution in [3.05, 3.63) is 33.9 Å². The molecule has 0 radical (unpaired) electrons. The second-order valence-corrected chi connectivity index (χ2v) is 8.35. The highest BCUT2D eigenvalue weighted by Crippen LogP contribution is 2.21. The van der Waals surface area contributed by atoms with Gasteiger partial charge in [-0.1, -0.05) is 19.3 Å². The third-order valence-electron chi connectivity index (χ3n) is 4.17. The van der Waals surface area contributed by atoms with Crippen LogP contribution in [0.15, 0.2) is 23.1 Å². The normalized spacial score (nSPS) is 15.3. The largest absolute Gasteiger partial charge is 0.352 e. The van der Waals surface area contributed by atoms with Crippen molar-refractivity contribution in [1.29, 1.82) is 0 Å². The van der Waals surface area contributed by atoms with Crippen molar-refractivity contribution in [2.45, 2.75) is 43.0 Å².